The summed E-state index contributed by atoms with van der Waals surface area (Å²) >= 11 is 9.40. The third-order valence-electron chi connectivity index (χ3n) is 5.31. The Balaban J connectivity index is 1.85. The molecule has 144 valence electrons. The Bertz CT molecular complexity index is 793. The molecule has 2 aromatic rings. The summed E-state index contributed by atoms with van der Waals surface area (Å²) in [5.74, 6) is -0.148. The van der Waals surface area contributed by atoms with E-state index >= 15 is 0 Å². The van der Waals surface area contributed by atoms with Crippen molar-refractivity contribution in [3.05, 3.63) is 63.6 Å². The summed E-state index contributed by atoms with van der Waals surface area (Å²) in [5.41, 5.74) is 1.49. The smallest absolute Gasteiger partial charge is 0.229 e. The fraction of sp³-hybridized carbons (Fsp3) is 0.381. The Kier molecular flexibility index (Phi) is 6.26. The van der Waals surface area contributed by atoms with Crippen LogP contribution in [0.25, 0.3) is 0 Å². The molecule has 1 fully saturated rings. The van der Waals surface area contributed by atoms with Gasteiger partial charge in [0.1, 0.15) is 0 Å². The van der Waals surface area contributed by atoms with Crippen molar-refractivity contribution in [2.75, 3.05) is 25.0 Å². The van der Waals surface area contributed by atoms with Crippen LogP contribution in [0, 0.1) is 5.92 Å². The van der Waals surface area contributed by atoms with Crippen LogP contribution in [0.1, 0.15) is 25.3 Å². The second-order valence-electron chi connectivity index (χ2n) is 7.64. The second-order valence-corrected chi connectivity index (χ2v) is 8.99. The van der Waals surface area contributed by atoms with Crippen LogP contribution in [-0.2, 0) is 4.79 Å². The topological polar surface area (TPSA) is 52.6 Å². The molecule has 1 amide bonds. The molecule has 2 N–H and O–H groups in total. The van der Waals surface area contributed by atoms with E-state index in [-0.39, 0.29) is 29.9 Å². The molecule has 0 aromatic heterocycles. The molecule has 1 aliphatic rings. The Hall–Kier alpha value is -1.40. The van der Waals surface area contributed by atoms with Gasteiger partial charge in [0.25, 0.3) is 0 Å². The van der Waals surface area contributed by atoms with Crippen LogP contribution in [0.2, 0.25) is 5.02 Å². The van der Waals surface area contributed by atoms with Crippen molar-refractivity contribution in [2.24, 2.45) is 5.92 Å². The molecule has 2 atom stereocenters. The maximum absolute atomic E-state index is 13.1. The van der Waals surface area contributed by atoms with Crippen LogP contribution >= 0.6 is 27.5 Å². The normalized spacial score (nSPS) is 20.6. The van der Waals surface area contributed by atoms with Crippen molar-refractivity contribution in [3.63, 3.8) is 0 Å². The summed E-state index contributed by atoms with van der Waals surface area (Å²) in [6, 6.07) is 15.3. The van der Waals surface area contributed by atoms with Gasteiger partial charge in [0.2, 0.25) is 5.91 Å². The van der Waals surface area contributed by atoms with Crippen LogP contribution in [0.3, 0.4) is 0 Å². The fourth-order valence-electron chi connectivity index (χ4n) is 3.48. The molecule has 2 aromatic carbocycles. The molecule has 1 saturated heterocycles. The first-order chi connectivity index (χ1) is 12.8. The van der Waals surface area contributed by atoms with Gasteiger partial charge in [0.05, 0.1) is 12.5 Å². The molecule has 0 bridgehead atoms. The molecule has 4 nitrogen and oxygen atoms in total. The van der Waals surface area contributed by atoms with Gasteiger partial charge in [-0.2, -0.15) is 0 Å². The largest absolute Gasteiger partial charge is 0.394 e. The van der Waals surface area contributed by atoms with E-state index in [2.05, 4.69) is 38.3 Å². The predicted molar refractivity (Wildman–Crippen MR) is 113 cm³/mol. The number of carbonyl (C=O) groups excluding carboxylic acids is 1. The first kappa shape index (κ1) is 20.3. The lowest BCUT2D eigenvalue weighted by atomic mass is 9.88. The summed E-state index contributed by atoms with van der Waals surface area (Å²) in [7, 11) is 0. The van der Waals surface area contributed by atoms with Crippen LogP contribution in [0.4, 0.5) is 5.69 Å². The number of aliphatic hydroxyl groups excluding tert-OH is 1. The standard InChI is InChI=1S/C21H24BrClN2O2/c1-21(2,13-26)25-11-18(14-3-5-15(22)6-4-14)19(12-25)20(27)24-17-9-7-16(23)8-10-17/h3-10,18-19,26H,11-13H2,1-2H3,(H,24,27)/t18-,19+/m1/s1. The Labute approximate surface area is 173 Å². The van der Waals surface area contributed by atoms with Gasteiger partial charge < -0.3 is 10.4 Å². The monoisotopic (exact) mass is 450 g/mol. The van der Waals surface area contributed by atoms with Crippen molar-refractivity contribution < 1.29 is 9.90 Å². The zero-order valence-electron chi connectivity index (χ0n) is 15.5. The van der Waals surface area contributed by atoms with Crippen LogP contribution in [0.15, 0.2) is 53.0 Å². The van der Waals surface area contributed by atoms with Gasteiger partial charge in [-0.05, 0) is 55.8 Å². The number of nitrogens with zero attached hydrogens (tertiary/aromatic N) is 1. The predicted octanol–water partition coefficient (Wildman–Crippen LogP) is 4.53. The van der Waals surface area contributed by atoms with Crippen molar-refractivity contribution >= 4 is 39.1 Å². The molecule has 0 radical (unpaired) electrons. The molecule has 1 aliphatic heterocycles. The van der Waals surface area contributed by atoms with E-state index in [0.717, 1.165) is 22.3 Å². The fourth-order valence-corrected chi connectivity index (χ4v) is 3.87. The molecule has 0 saturated carbocycles. The minimum Gasteiger partial charge on any atom is -0.394 e. The van der Waals surface area contributed by atoms with Gasteiger partial charge in [-0.15, -0.1) is 0 Å². The average molecular weight is 452 g/mol. The molecule has 1 heterocycles. The first-order valence-corrected chi connectivity index (χ1v) is 10.1. The summed E-state index contributed by atoms with van der Waals surface area (Å²) in [6.07, 6.45) is 0. The van der Waals surface area contributed by atoms with Crippen molar-refractivity contribution in [1.29, 1.82) is 0 Å². The molecule has 0 unspecified atom stereocenters. The van der Waals surface area contributed by atoms with E-state index in [0.29, 0.717) is 11.6 Å². The van der Waals surface area contributed by atoms with Gasteiger partial charge in [-0.25, -0.2) is 0 Å². The van der Waals surface area contributed by atoms with E-state index in [1.54, 1.807) is 24.3 Å². The lowest BCUT2D eigenvalue weighted by Gasteiger charge is -2.33. The zero-order chi connectivity index (χ0) is 19.6. The highest BCUT2D eigenvalue weighted by atomic mass is 79.9. The number of halogens is 2. The highest BCUT2D eigenvalue weighted by Gasteiger charge is 2.43. The van der Waals surface area contributed by atoms with Crippen LogP contribution < -0.4 is 5.32 Å². The maximum atomic E-state index is 13.1. The SMILES string of the molecule is CC(C)(CO)N1C[C@H](C(=O)Nc2ccc(Cl)cc2)[C@@H](c2ccc(Br)cc2)C1. The molecule has 27 heavy (non-hydrogen) atoms. The minimum atomic E-state index is -0.372. The van der Waals surface area contributed by atoms with Crippen molar-refractivity contribution in [2.45, 2.75) is 25.3 Å². The molecule has 0 spiro atoms. The molecular formula is C21H24BrClN2O2. The molecule has 3 rings (SSSR count). The number of aliphatic hydroxyl groups is 1. The molecule has 0 aliphatic carbocycles. The number of hydrogen-bond donors (Lipinski definition) is 2. The van der Waals surface area contributed by atoms with Gasteiger partial charge in [-0.1, -0.05) is 39.7 Å². The van der Waals surface area contributed by atoms with Crippen molar-refractivity contribution in [3.8, 4) is 0 Å². The zero-order valence-corrected chi connectivity index (χ0v) is 17.8. The Morgan fingerprint density at radius 2 is 1.81 bits per heavy atom. The maximum Gasteiger partial charge on any atom is 0.229 e. The number of carbonyl (C=O) groups is 1. The van der Waals surface area contributed by atoms with E-state index in [1.807, 2.05) is 26.0 Å². The first-order valence-electron chi connectivity index (χ1n) is 8.98. The third kappa shape index (κ3) is 4.72. The lowest BCUT2D eigenvalue weighted by molar-refractivity contribution is -0.120. The quantitative estimate of drug-likeness (QED) is 0.702. The van der Waals surface area contributed by atoms with Crippen LogP contribution in [-0.4, -0.2) is 41.1 Å². The highest BCUT2D eigenvalue weighted by Crippen LogP contribution is 2.37. The summed E-state index contributed by atoms with van der Waals surface area (Å²) in [6.45, 7) is 5.39. The van der Waals surface area contributed by atoms with E-state index < -0.39 is 0 Å². The Morgan fingerprint density at radius 1 is 1.19 bits per heavy atom. The number of likely N-dealkylation sites (tertiary alicyclic amines) is 1. The summed E-state index contributed by atoms with van der Waals surface area (Å²) in [5, 5.41) is 13.4. The number of benzene rings is 2. The summed E-state index contributed by atoms with van der Waals surface area (Å²) < 4.78 is 1.01. The molecular weight excluding hydrogens is 428 g/mol. The third-order valence-corrected chi connectivity index (χ3v) is 6.09. The summed E-state index contributed by atoms with van der Waals surface area (Å²) in [4.78, 5) is 15.3. The number of amides is 1. The highest BCUT2D eigenvalue weighted by molar-refractivity contribution is 9.10. The van der Waals surface area contributed by atoms with Gasteiger partial charge >= 0.3 is 0 Å². The van der Waals surface area contributed by atoms with Gasteiger partial charge in [-0.3, -0.25) is 9.69 Å². The lowest BCUT2D eigenvalue weighted by Crippen LogP contribution is -2.46. The second kappa shape index (κ2) is 8.31. The van der Waals surface area contributed by atoms with Gasteiger partial charge in [0, 0.05) is 39.7 Å². The number of hydrogen-bond acceptors (Lipinski definition) is 3. The van der Waals surface area contributed by atoms with E-state index in [4.69, 9.17) is 11.6 Å². The van der Waals surface area contributed by atoms with E-state index in [9.17, 15) is 9.90 Å². The average Bonchev–Trinajstić information content (AvgIpc) is 3.10. The van der Waals surface area contributed by atoms with Gasteiger partial charge in [0.15, 0.2) is 0 Å². The number of anilines is 1. The number of rotatable bonds is 5. The van der Waals surface area contributed by atoms with Crippen molar-refractivity contribution in [1.82, 2.24) is 4.90 Å². The number of nitrogens with one attached hydrogen (secondary N) is 1. The Morgan fingerprint density at radius 3 is 2.41 bits per heavy atom. The minimum absolute atomic E-state index is 0.0125. The van der Waals surface area contributed by atoms with Crippen LogP contribution in [0.5, 0.6) is 0 Å². The van der Waals surface area contributed by atoms with E-state index in [1.165, 1.54) is 0 Å². The molecule has 6 heteroatoms.